The maximum atomic E-state index is 3.46. The zero-order valence-electron chi connectivity index (χ0n) is 7.72. The average Bonchev–Trinajstić information content (AvgIpc) is 2.04. The van der Waals surface area contributed by atoms with Gasteiger partial charge in [0.05, 0.1) is 0 Å². The molecule has 1 aromatic carbocycles. The Morgan fingerprint density at radius 1 is 1.42 bits per heavy atom. The van der Waals surface area contributed by atoms with E-state index in [0.29, 0.717) is 6.04 Å². The van der Waals surface area contributed by atoms with Gasteiger partial charge in [-0.05, 0) is 37.9 Å². The van der Waals surface area contributed by atoms with E-state index in [1.165, 1.54) is 23.1 Å². The van der Waals surface area contributed by atoms with Gasteiger partial charge in [0.15, 0.2) is 0 Å². The molecule has 0 bridgehead atoms. The lowest BCUT2D eigenvalue weighted by atomic mass is 9.94. The number of benzene rings is 1. The Bertz CT molecular complexity index is 291. The van der Waals surface area contributed by atoms with Gasteiger partial charge in [-0.1, -0.05) is 23.8 Å². The Hall–Kier alpha value is -0.820. The van der Waals surface area contributed by atoms with Crippen LogP contribution in [0.1, 0.15) is 29.7 Å². The van der Waals surface area contributed by atoms with Crippen molar-refractivity contribution in [1.82, 2.24) is 5.32 Å². The number of hydrogen-bond donors (Lipinski definition) is 1. The molecule has 0 radical (unpaired) electrons. The largest absolute Gasteiger partial charge is 0.310 e. The van der Waals surface area contributed by atoms with Crippen molar-refractivity contribution in [3.05, 3.63) is 34.9 Å². The number of fused-ring (bicyclic) bond motifs is 1. The lowest BCUT2D eigenvalue weighted by Gasteiger charge is -2.23. The van der Waals surface area contributed by atoms with Gasteiger partial charge in [-0.15, -0.1) is 0 Å². The first-order chi connectivity index (χ1) is 5.77. The van der Waals surface area contributed by atoms with Gasteiger partial charge in [-0.3, -0.25) is 0 Å². The Kier molecular flexibility index (Phi) is 1.89. The third-order valence-corrected chi connectivity index (χ3v) is 2.61. The number of rotatable bonds is 0. The van der Waals surface area contributed by atoms with Gasteiger partial charge in [-0.2, -0.15) is 0 Å². The monoisotopic (exact) mass is 161 g/mol. The van der Waals surface area contributed by atoms with Gasteiger partial charge in [0.25, 0.3) is 0 Å². The lowest BCUT2D eigenvalue weighted by Crippen LogP contribution is -2.27. The van der Waals surface area contributed by atoms with E-state index >= 15 is 0 Å². The standard InChI is InChI=1S/C11H15N/c1-8-3-4-11-9(2)12-6-5-10(11)7-8/h3-4,7,9,12H,5-6H2,1-2H3/t9-/m1/s1. The molecule has 0 fully saturated rings. The van der Waals surface area contributed by atoms with Gasteiger partial charge in [0.2, 0.25) is 0 Å². The van der Waals surface area contributed by atoms with Crippen LogP contribution in [-0.2, 0) is 6.42 Å². The molecule has 0 amide bonds. The van der Waals surface area contributed by atoms with Crippen LogP contribution in [0.3, 0.4) is 0 Å². The summed E-state index contributed by atoms with van der Waals surface area (Å²) in [4.78, 5) is 0. The van der Waals surface area contributed by atoms with E-state index < -0.39 is 0 Å². The van der Waals surface area contributed by atoms with Crippen LogP contribution < -0.4 is 5.32 Å². The summed E-state index contributed by atoms with van der Waals surface area (Å²) in [7, 11) is 0. The van der Waals surface area contributed by atoms with Crippen LogP contribution >= 0.6 is 0 Å². The van der Waals surface area contributed by atoms with E-state index in [2.05, 4.69) is 37.4 Å². The first-order valence-electron chi connectivity index (χ1n) is 4.60. The fraction of sp³-hybridized carbons (Fsp3) is 0.455. The predicted octanol–water partition coefficient (Wildman–Crippen LogP) is 2.20. The quantitative estimate of drug-likeness (QED) is 0.615. The third-order valence-electron chi connectivity index (χ3n) is 2.61. The summed E-state index contributed by atoms with van der Waals surface area (Å²) in [6, 6.07) is 7.30. The Morgan fingerprint density at radius 3 is 3.08 bits per heavy atom. The van der Waals surface area contributed by atoms with Gasteiger partial charge < -0.3 is 5.32 Å². The molecule has 1 N–H and O–H groups in total. The fourth-order valence-electron chi connectivity index (χ4n) is 1.91. The van der Waals surface area contributed by atoms with E-state index in [0.717, 1.165) is 6.54 Å². The lowest BCUT2D eigenvalue weighted by molar-refractivity contribution is 0.540. The maximum Gasteiger partial charge on any atom is 0.0294 e. The smallest absolute Gasteiger partial charge is 0.0294 e. The minimum Gasteiger partial charge on any atom is -0.310 e. The molecule has 1 atom stereocenters. The van der Waals surface area contributed by atoms with Crippen molar-refractivity contribution in [3.8, 4) is 0 Å². The highest BCUT2D eigenvalue weighted by molar-refractivity contribution is 5.35. The molecule has 0 spiro atoms. The van der Waals surface area contributed by atoms with Crippen molar-refractivity contribution in [2.75, 3.05) is 6.54 Å². The van der Waals surface area contributed by atoms with Crippen molar-refractivity contribution < 1.29 is 0 Å². The van der Waals surface area contributed by atoms with Crippen molar-refractivity contribution >= 4 is 0 Å². The fourth-order valence-corrected chi connectivity index (χ4v) is 1.91. The summed E-state index contributed by atoms with van der Waals surface area (Å²) in [6.45, 7) is 5.51. The summed E-state index contributed by atoms with van der Waals surface area (Å²) in [5.74, 6) is 0. The van der Waals surface area contributed by atoms with Gasteiger partial charge in [0.1, 0.15) is 0 Å². The van der Waals surface area contributed by atoms with Crippen LogP contribution in [-0.4, -0.2) is 6.54 Å². The molecule has 0 unspecified atom stereocenters. The number of aryl methyl sites for hydroxylation is 1. The molecule has 1 aromatic rings. The second kappa shape index (κ2) is 2.91. The summed E-state index contributed by atoms with van der Waals surface area (Å²) in [6.07, 6.45) is 1.18. The molecule has 2 rings (SSSR count). The molecular weight excluding hydrogens is 146 g/mol. The average molecular weight is 161 g/mol. The van der Waals surface area contributed by atoms with Crippen molar-refractivity contribution in [2.45, 2.75) is 26.3 Å². The SMILES string of the molecule is Cc1ccc2c(c1)CCN[C@@H]2C. The molecule has 0 saturated heterocycles. The Morgan fingerprint density at radius 2 is 2.25 bits per heavy atom. The Labute approximate surface area is 73.8 Å². The van der Waals surface area contributed by atoms with E-state index in [1.807, 2.05) is 0 Å². The highest BCUT2D eigenvalue weighted by Gasteiger charge is 2.14. The minimum atomic E-state index is 0.536. The second-order valence-electron chi connectivity index (χ2n) is 3.63. The maximum absolute atomic E-state index is 3.46. The molecule has 64 valence electrons. The first kappa shape index (κ1) is 7.81. The molecule has 0 aromatic heterocycles. The van der Waals surface area contributed by atoms with Gasteiger partial charge in [0, 0.05) is 6.04 Å². The van der Waals surface area contributed by atoms with Crippen molar-refractivity contribution in [2.24, 2.45) is 0 Å². The molecule has 1 nitrogen and oxygen atoms in total. The third kappa shape index (κ3) is 1.25. The molecule has 12 heavy (non-hydrogen) atoms. The summed E-state index contributed by atoms with van der Waals surface area (Å²) in [5, 5.41) is 3.46. The second-order valence-corrected chi connectivity index (χ2v) is 3.63. The highest BCUT2D eigenvalue weighted by atomic mass is 14.9. The van der Waals surface area contributed by atoms with Crippen molar-refractivity contribution in [3.63, 3.8) is 0 Å². The summed E-state index contributed by atoms with van der Waals surface area (Å²) in [5.41, 5.74) is 4.39. The van der Waals surface area contributed by atoms with Crippen LogP contribution in [0.5, 0.6) is 0 Å². The zero-order chi connectivity index (χ0) is 8.55. The summed E-state index contributed by atoms with van der Waals surface area (Å²) < 4.78 is 0. The number of hydrogen-bond acceptors (Lipinski definition) is 1. The molecule has 0 aliphatic carbocycles. The van der Waals surface area contributed by atoms with Crippen LogP contribution in [0, 0.1) is 6.92 Å². The topological polar surface area (TPSA) is 12.0 Å². The van der Waals surface area contributed by atoms with Crippen LogP contribution in [0.25, 0.3) is 0 Å². The number of nitrogens with one attached hydrogen (secondary N) is 1. The van der Waals surface area contributed by atoms with E-state index in [-0.39, 0.29) is 0 Å². The molecule has 1 aliphatic heterocycles. The minimum absolute atomic E-state index is 0.536. The first-order valence-corrected chi connectivity index (χ1v) is 4.60. The van der Waals surface area contributed by atoms with E-state index in [1.54, 1.807) is 0 Å². The van der Waals surface area contributed by atoms with E-state index in [4.69, 9.17) is 0 Å². The summed E-state index contributed by atoms with van der Waals surface area (Å²) >= 11 is 0. The molecule has 1 heteroatoms. The predicted molar refractivity (Wildman–Crippen MR) is 51.3 cm³/mol. The van der Waals surface area contributed by atoms with Crippen LogP contribution in [0.4, 0.5) is 0 Å². The molecular formula is C11H15N. The highest BCUT2D eigenvalue weighted by Crippen LogP contribution is 2.22. The van der Waals surface area contributed by atoms with Gasteiger partial charge in [-0.25, -0.2) is 0 Å². The van der Waals surface area contributed by atoms with Crippen molar-refractivity contribution in [1.29, 1.82) is 0 Å². The van der Waals surface area contributed by atoms with Gasteiger partial charge >= 0.3 is 0 Å². The molecule has 0 saturated carbocycles. The van der Waals surface area contributed by atoms with Crippen LogP contribution in [0.2, 0.25) is 0 Å². The van der Waals surface area contributed by atoms with Crippen LogP contribution in [0.15, 0.2) is 18.2 Å². The molecule has 1 aliphatic rings. The molecule has 1 heterocycles. The van der Waals surface area contributed by atoms with E-state index in [9.17, 15) is 0 Å². The zero-order valence-corrected chi connectivity index (χ0v) is 7.72. The normalized spacial score (nSPS) is 22.0. The Balaban J connectivity index is 2.46.